The molecule has 0 spiro atoms. The van der Waals surface area contributed by atoms with Gasteiger partial charge in [-0.2, -0.15) is 0 Å². The van der Waals surface area contributed by atoms with E-state index in [4.69, 9.17) is 4.74 Å². The highest BCUT2D eigenvalue weighted by molar-refractivity contribution is 9.10. The minimum absolute atomic E-state index is 0.00776. The SMILES string of the molecule is COCCNC(=O)CCNc1cc(C)c(Br)cn1. The number of aryl methyl sites for hydroxylation is 1. The summed E-state index contributed by atoms with van der Waals surface area (Å²) in [4.78, 5) is 15.6. The number of nitrogens with zero attached hydrogens (tertiary/aromatic N) is 1. The van der Waals surface area contributed by atoms with E-state index in [2.05, 4.69) is 31.5 Å². The zero-order chi connectivity index (χ0) is 13.4. The van der Waals surface area contributed by atoms with Crippen LogP contribution in [0.5, 0.6) is 0 Å². The van der Waals surface area contributed by atoms with Crippen molar-refractivity contribution in [1.82, 2.24) is 10.3 Å². The Hall–Kier alpha value is -1.14. The molecule has 1 aromatic heterocycles. The summed E-state index contributed by atoms with van der Waals surface area (Å²) in [7, 11) is 1.61. The van der Waals surface area contributed by atoms with Gasteiger partial charge in [-0.15, -0.1) is 0 Å². The molecule has 18 heavy (non-hydrogen) atoms. The third kappa shape index (κ3) is 5.46. The number of pyridine rings is 1. The summed E-state index contributed by atoms with van der Waals surface area (Å²) in [5.74, 6) is 0.786. The number of methoxy groups -OCH3 is 1. The first kappa shape index (κ1) is 14.9. The van der Waals surface area contributed by atoms with Gasteiger partial charge in [-0.05, 0) is 34.5 Å². The van der Waals surface area contributed by atoms with Crippen molar-refractivity contribution in [3.63, 3.8) is 0 Å². The summed E-state index contributed by atoms with van der Waals surface area (Å²) in [6.07, 6.45) is 2.16. The van der Waals surface area contributed by atoms with Crippen LogP contribution in [0.2, 0.25) is 0 Å². The number of carbonyl (C=O) groups excluding carboxylic acids is 1. The first-order chi connectivity index (χ1) is 8.63. The highest BCUT2D eigenvalue weighted by Gasteiger charge is 2.02. The molecule has 0 fully saturated rings. The normalized spacial score (nSPS) is 10.2. The third-order valence-corrected chi connectivity index (χ3v) is 3.16. The number of nitrogens with one attached hydrogen (secondary N) is 2. The number of ether oxygens (including phenoxy) is 1. The van der Waals surface area contributed by atoms with Crippen LogP contribution < -0.4 is 10.6 Å². The summed E-state index contributed by atoms with van der Waals surface area (Å²) in [5, 5.41) is 5.87. The van der Waals surface area contributed by atoms with Crippen LogP contribution in [0.1, 0.15) is 12.0 Å². The maximum Gasteiger partial charge on any atom is 0.221 e. The van der Waals surface area contributed by atoms with Crippen LogP contribution in [-0.4, -0.2) is 37.7 Å². The lowest BCUT2D eigenvalue weighted by Gasteiger charge is -2.07. The smallest absolute Gasteiger partial charge is 0.221 e. The molecule has 0 saturated heterocycles. The first-order valence-corrected chi connectivity index (χ1v) is 6.54. The van der Waals surface area contributed by atoms with Gasteiger partial charge in [0.25, 0.3) is 0 Å². The Morgan fingerprint density at radius 1 is 1.50 bits per heavy atom. The number of anilines is 1. The predicted molar refractivity (Wildman–Crippen MR) is 74.7 cm³/mol. The van der Waals surface area contributed by atoms with E-state index in [1.165, 1.54) is 0 Å². The molecule has 0 aliphatic heterocycles. The molecule has 0 aliphatic carbocycles. The fourth-order valence-corrected chi connectivity index (χ4v) is 1.54. The highest BCUT2D eigenvalue weighted by Crippen LogP contribution is 2.16. The maximum atomic E-state index is 11.4. The summed E-state index contributed by atoms with van der Waals surface area (Å²) in [5.41, 5.74) is 1.11. The monoisotopic (exact) mass is 315 g/mol. The zero-order valence-corrected chi connectivity index (χ0v) is 12.2. The fraction of sp³-hybridized carbons (Fsp3) is 0.500. The van der Waals surface area contributed by atoms with Crippen molar-refractivity contribution in [2.75, 3.05) is 32.1 Å². The highest BCUT2D eigenvalue weighted by atomic mass is 79.9. The van der Waals surface area contributed by atoms with Crippen LogP contribution in [-0.2, 0) is 9.53 Å². The Bertz CT molecular complexity index is 399. The van der Waals surface area contributed by atoms with Gasteiger partial charge in [-0.1, -0.05) is 0 Å². The van der Waals surface area contributed by atoms with Crippen LogP contribution in [0.25, 0.3) is 0 Å². The molecule has 2 N–H and O–H groups in total. The lowest BCUT2D eigenvalue weighted by molar-refractivity contribution is -0.121. The number of halogens is 1. The molecule has 0 saturated carbocycles. The van der Waals surface area contributed by atoms with Crippen molar-refractivity contribution in [2.45, 2.75) is 13.3 Å². The molecule has 100 valence electrons. The quantitative estimate of drug-likeness (QED) is 0.752. The number of hydrogen-bond acceptors (Lipinski definition) is 4. The van der Waals surface area contributed by atoms with E-state index in [1.54, 1.807) is 13.3 Å². The minimum atomic E-state index is 0.00776. The van der Waals surface area contributed by atoms with Gasteiger partial charge >= 0.3 is 0 Å². The van der Waals surface area contributed by atoms with E-state index >= 15 is 0 Å². The maximum absolute atomic E-state index is 11.4. The number of hydrogen-bond donors (Lipinski definition) is 2. The Balaban J connectivity index is 2.24. The van der Waals surface area contributed by atoms with Gasteiger partial charge in [-0.3, -0.25) is 4.79 Å². The molecule has 1 amide bonds. The van der Waals surface area contributed by atoms with Gasteiger partial charge in [0, 0.05) is 37.3 Å². The van der Waals surface area contributed by atoms with Crippen LogP contribution in [0.3, 0.4) is 0 Å². The second-order valence-corrected chi connectivity index (χ2v) is 4.69. The van der Waals surface area contributed by atoms with Gasteiger partial charge in [0.05, 0.1) is 6.61 Å². The van der Waals surface area contributed by atoms with Crippen molar-refractivity contribution < 1.29 is 9.53 Å². The van der Waals surface area contributed by atoms with E-state index in [1.807, 2.05) is 13.0 Å². The molecule has 0 aliphatic rings. The number of carbonyl (C=O) groups is 1. The Kier molecular flexibility index (Phi) is 6.67. The molecule has 0 bridgehead atoms. The van der Waals surface area contributed by atoms with Gasteiger partial charge in [-0.25, -0.2) is 4.98 Å². The van der Waals surface area contributed by atoms with Gasteiger partial charge < -0.3 is 15.4 Å². The summed E-state index contributed by atoms with van der Waals surface area (Å²) in [6.45, 7) is 3.64. The van der Waals surface area contributed by atoms with E-state index in [9.17, 15) is 4.79 Å². The molecule has 6 heteroatoms. The van der Waals surface area contributed by atoms with E-state index in [-0.39, 0.29) is 5.91 Å². The Morgan fingerprint density at radius 2 is 2.28 bits per heavy atom. The molecule has 1 rings (SSSR count). The fourth-order valence-electron chi connectivity index (χ4n) is 1.32. The number of amides is 1. The van der Waals surface area contributed by atoms with Crippen molar-refractivity contribution in [3.8, 4) is 0 Å². The first-order valence-electron chi connectivity index (χ1n) is 5.75. The lowest BCUT2D eigenvalue weighted by atomic mass is 10.3. The third-order valence-electron chi connectivity index (χ3n) is 2.33. The van der Waals surface area contributed by atoms with Crippen molar-refractivity contribution in [3.05, 3.63) is 22.3 Å². The van der Waals surface area contributed by atoms with Crippen LogP contribution in [0.4, 0.5) is 5.82 Å². The van der Waals surface area contributed by atoms with E-state index in [0.717, 1.165) is 15.9 Å². The van der Waals surface area contributed by atoms with Gasteiger partial charge in [0.15, 0.2) is 0 Å². The molecule has 1 heterocycles. The molecule has 0 unspecified atom stereocenters. The topological polar surface area (TPSA) is 63.2 Å². The largest absolute Gasteiger partial charge is 0.383 e. The molecule has 0 aromatic carbocycles. The molecular weight excluding hydrogens is 298 g/mol. The second kappa shape index (κ2) is 8.05. The summed E-state index contributed by atoms with van der Waals surface area (Å²) >= 11 is 3.39. The standard InChI is InChI=1S/C12H18BrN3O2/c1-9-7-11(16-8-10(9)13)14-4-3-12(17)15-5-6-18-2/h7-8H,3-6H2,1-2H3,(H,14,16)(H,15,17). The lowest BCUT2D eigenvalue weighted by Crippen LogP contribution is -2.28. The molecule has 0 radical (unpaired) electrons. The average molecular weight is 316 g/mol. The van der Waals surface area contributed by atoms with Crippen molar-refractivity contribution in [1.29, 1.82) is 0 Å². The number of aromatic nitrogens is 1. The van der Waals surface area contributed by atoms with Crippen molar-refractivity contribution >= 4 is 27.7 Å². The summed E-state index contributed by atoms with van der Waals surface area (Å²) in [6, 6.07) is 1.94. The van der Waals surface area contributed by atoms with Crippen molar-refractivity contribution in [2.24, 2.45) is 0 Å². The van der Waals surface area contributed by atoms with Gasteiger partial charge in [0.2, 0.25) is 5.91 Å². The van der Waals surface area contributed by atoms with E-state index < -0.39 is 0 Å². The minimum Gasteiger partial charge on any atom is -0.383 e. The second-order valence-electron chi connectivity index (χ2n) is 3.84. The zero-order valence-electron chi connectivity index (χ0n) is 10.6. The molecular formula is C12H18BrN3O2. The number of rotatable bonds is 7. The van der Waals surface area contributed by atoms with Crippen LogP contribution in [0.15, 0.2) is 16.7 Å². The Labute approximate surface area is 115 Å². The van der Waals surface area contributed by atoms with Crippen LogP contribution in [0, 0.1) is 6.92 Å². The molecule has 5 nitrogen and oxygen atoms in total. The summed E-state index contributed by atoms with van der Waals surface area (Å²) < 4.78 is 5.82. The Morgan fingerprint density at radius 3 is 2.94 bits per heavy atom. The van der Waals surface area contributed by atoms with Crippen LogP contribution >= 0.6 is 15.9 Å². The molecule has 0 atom stereocenters. The molecule has 1 aromatic rings. The predicted octanol–water partition coefficient (Wildman–Crippen LogP) is 1.72. The van der Waals surface area contributed by atoms with E-state index in [0.29, 0.717) is 26.1 Å². The van der Waals surface area contributed by atoms with Gasteiger partial charge in [0.1, 0.15) is 5.82 Å². The average Bonchev–Trinajstić information content (AvgIpc) is 2.34.